The average molecular weight is 417 g/mol. The maximum absolute atomic E-state index is 11.9. The Labute approximate surface area is 181 Å². The summed E-state index contributed by atoms with van der Waals surface area (Å²) in [4.78, 5) is 11.2. The summed E-state index contributed by atoms with van der Waals surface area (Å²) in [7, 11) is 0. The number of aliphatic hydroxyl groups is 1. The second-order valence-electron chi connectivity index (χ2n) is 9.77. The Morgan fingerprint density at radius 1 is 0.733 bits per heavy atom. The van der Waals surface area contributed by atoms with E-state index in [-0.39, 0.29) is 10.6 Å². The quantitative estimate of drug-likeness (QED) is 0.429. The van der Waals surface area contributed by atoms with Gasteiger partial charge < -0.3 is 10.8 Å². The highest BCUT2D eigenvalue weighted by molar-refractivity contribution is 5.46. The van der Waals surface area contributed by atoms with E-state index in [4.69, 9.17) is 5.73 Å². The maximum Gasteiger partial charge on any atom is 0.269 e. The first-order valence-electron chi connectivity index (χ1n) is 12.3. The molecule has 0 spiro atoms. The molecule has 0 saturated heterocycles. The van der Waals surface area contributed by atoms with Crippen molar-refractivity contribution in [2.75, 3.05) is 0 Å². The second kappa shape index (κ2) is 10.7. The first kappa shape index (κ1) is 23.2. The molecule has 0 amide bonds. The van der Waals surface area contributed by atoms with Crippen molar-refractivity contribution in [2.24, 2.45) is 5.73 Å². The molecule has 2 saturated carbocycles. The molecular formula is C25H40N2O3. The SMILES string of the molecule is NC1(c2cc([N+](=O)[O-])ccc2C2(O)CCCCCCCCC2)CCCCCCCC1. The van der Waals surface area contributed by atoms with Crippen LogP contribution in [0.5, 0.6) is 0 Å². The van der Waals surface area contributed by atoms with Crippen LogP contribution in [0.15, 0.2) is 18.2 Å². The van der Waals surface area contributed by atoms with E-state index in [1.165, 1.54) is 32.1 Å². The van der Waals surface area contributed by atoms with Crippen LogP contribution in [0, 0.1) is 10.1 Å². The summed E-state index contributed by atoms with van der Waals surface area (Å²) in [5.41, 5.74) is 7.28. The van der Waals surface area contributed by atoms with Crippen LogP contribution in [0.1, 0.15) is 120 Å². The van der Waals surface area contributed by atoms with Crippen LogP contribution >= 0.6 is 0 Å². The Bertz CT molecular complexity index is 684. The highest BCUT2D eigenvalue weighted by atomic mass is 16.6. The van der Waals surface area contributed by atoms with Gasteiger partial charge in [0.1, 0.15) is 0 Å². The zero-order valence-electron chi connectivity index (χ0n) is 18.5. The minimum atomic E-state index is -0.938. The topological polar surface area (TPSA) is 89.4 Å². The van der Waals surface area contributed by atoms with E-state index in [0.717, 1.165) is 75.3 Å². The van der Waals surface area contributed by atoms with E-state index < -0.39 is 11.1 Å². The van der Waals surface area contributed by atoms with Crippen LogP contribution in [0.3, 0.4) is 0 Å². The number of non-ortho nitro benzene ring substituents is 1. The number of nitrogens with two attached hydrogens (primary N) is 1. The Morgan fingerprint density at radius 3 is 1.63 bits per heavy atom. The third-order valence-corrected chi connectivity index (χ3v) is 7.43. The summed E-state index contributed by atoms with van der Waals surface area (Å²) in [6.07, 6.45) is 18.0. The molecular weight excluding hydrogens is 376 g/mol. The van der Waals surface area contributed by atoms with E-state index in [1.54, 1.807) is 12.1 Å². The van der Waals surface area contributed by atoms with Gasteiger partial charge in [0.25, 0.3) is 5.69 Å². The summed E-state index contributed by atoms with van der Waals surface area (Å²) >= 11 is 0. The average Bonchev–Trinajstić information content (AvgIpc) is 2.85. The molecule has 0 radical (unpaired) electrons. The molecule has 0 bridgehead atoms. The standard InChI is InChI=1S/C25H40N2O3/c26-24(16-10-6-4-5-7-11-17-24)23-20-21(27(29)30)14-15-22(23)25(28)18-12-8-2-1-3-9-13-19-25/h14-15,20,28H,1-13,16-19,26H2. The number of nitrogens with zero attached hydrogens (tertiary/aromatic N) is 1. The van der Waals surface area contributed by atoms with Crippen LogP contribution in [-0.4, -0.2) is 10.0 Å². The molecule has 2 aliphatic carbocycles. The monoisotopic (exact) mass is 416 g/mol. The zero-order valence-corrected chi connectivity index (χ0v) is 18.5. The smallest absolute Gasteiger partial charge is 0.269 e. The van der Waals surface area contributed by atoms with Crippen molar-refractivity contribution in [1.82, 2.24) is 0 Å². The first-order chi connectivity index (χ1) is 14.4. The third kappa shape index (κ3) is 5.82. The van der Waals surface area contributed by atoms with Gasteiger partial charge in [-0.25, -0.2) is 0 Å². The number of nitro groups is 1. The van der Waals surface area contributed by atoms with Gasteiger partial charge >= 0.3 is 0 Å². The minimum Gasteiger partial charge on any atom is -0.385 e. The second-order valence-corrected chi connectivity index (χ2v) is 9.77. The summed E-state index contributed by atoms with van der Waals surface area (Å²) < 4.78 is 0. The summed E-state index contributed by atoms with van der Waals surface area (Å²) in [5.74, 6) is 0. The molecule has 0 aromatic heterocycles. The molecule has 2 fully saturated rings. The number of benzene rings is 1. The van der Waals surface area contributed by atoms with Crippen LogP contribution < -0.4 is 5.73 Å². The number of rotatable bonds is 3. The number of nitro benzene ring substituents is 1. The molecule has 168 valence electrons. The Balaban J connectivity index is 2.02. The van der Waals surface area contributed by atoms with Gasteiger partial charge in [0, 0.05) is 17.7 Å². The van der Waals surface area contributed by atoms with E-state index in [0.29, 0.717) is 12.8 Å². The predicted octanol–water partition coefficient (Wildman–Crippen LogP) is 6.60. The Kier molecular flexibility index (Phi) is 8.29. The van der Waals surface area contributed by atoms with Gasteiger partial charge in [0.05, 0.1) is 10.5 Å². The third-order valence-electron chi connectivity index (χ3n) is 7.43. The van der Waals surface area contributed by atoms with Crippen molar-refractivity contribution in [2.45, 2.75) is 120 Å². The predicted molar refractivity (Wildman–Crippen MR) is 121 cm³/mol. The normalized spacial score (nSPS) is 23.5. The van der Waals surface area contributed by atoms with E-state index >= 15 is 0 Å². The van der Waals surface area contributed by atoms with Crippen LogP contribution in [0.2, 0.25) is 0 Å². The van der Waals surface area contributed by atoms with Crippen molar-refractivity contribution in [1.29, 1.82) is 0 Å². The Morgan fingerprint density at radius 2 is 1.17 bits per heavy atom. The number of hydrogen-bond acceptors (Lipinski definition) is 4. The number of hydrogen-bond donors (Lipinski definition) is 2. The molecule has 30 heavy (non-hydrogen) atoms. The fourth-order valence-electron chi connectivity index (χ4n) is 5.56. The lowest BCUT2D eigenvalue weighted by molar-refractivity contribution is -0.385. The van der Waals surface area contributed by atoms with Gasteiger partial charge in [-0.2, -0.15) is 0 Å². The molecule has 1 aromatic rings. The lowest BCUT2D eigenvalue weighted by atomic mass is 9.73. The van der Waals surface area contributed by atoms with Crippen molar-refractivity contribution in [3.05, 3.63) is 39.4 Å². The summed E-state index contributed by atoms with van der Waals surface area (Å²) in [6.45, 7) is 0. The van der Waals surface area contributed by atoms with Crippen molar-refractivity contribution < 1.29 is 10.0 Å². The van der Waals surface area contributed by atoms with Crippen molar-refractivity contribution >= 4 is 5.69 Å². The van der Waals surface area contributed by atoms with Gasteiger partial charge in [0.15, 0.2) is 0 Å². The van der Waals surface area contributed by atoms with Gasteiger partial charge in [-0.05, 0) is 42.9 Å². The van der Waals surface area contributed by atoms with Gasteiger partial charge in [0.2, 0.25) is 0 Å². The fraction of sp³-hybridized carbons (Fsp3) is 0.760. The molecule has 3 rings (SSSR count). The molecule has 0 atom stereocenters. The van der Waals surface area contributed by atoms with E-state index in [9.17, 15) is 15.2 Å². The highest BCUT2D eigenvalue weighted by Crippen LogP contribution is 2.43. The maximum atomic E-state index is 11.9. The molecule has 1 aromatic carbocycles. The van der Waals surface area contributed by atoms with Gasteiger partial charge in [-0.1, -0.05) is 83.5 Å². The highest BCUT2D eigenvalue weighted by Gasteiger charge is 2.38. The molecule has 5 heteroatoms. The molecule has 0 heterocycles. The zero-order chi connectivity index (χ0) is 21.5. The van der Waals surface area contributed by atoms with Crippen molar-refractivity contribution in [3.63, 3.8) is 0 Å². The summed E-state index contributed by atoms with van der Waals surface area (Å²) in [5, 5.41) is 23.4. The van der Waals surface area contributed by atoms with E-state index in [2.05, 4.69) is 0 Å². The van der Waals surface area contributed by atoms with Crippen LogP contribution in [0.25, 0.3) is 0 Å². The largest absolute Gasteiger partial charge is 0.385 e. The van der Waals surface area contributed by atoms with Crippen LogP contribution in [0.4, 0.5) is 5.69 Å². The fourth-order valence-corrected chi connectivity index (χ4v) is 5.56. The molecule has 3 N–H and O–H groups in total. The molecule has 5 nitrogen and oxygen atoms in total. The van der Waals surface area contributed by atoms with E-state index in [1.807, 2.05) is 6.07 Å². The van der Waals surface area contributed by atoms with Gasteiger partial charge in [-0.3, -0.25) is 10.1 Å². The lowest BCUT2D eigenvalue weighted by Crippen LogP contribution is -2.40. The van der Waals surface area contributed by atoms with Crippen molar-refractivity contribution in [3.8, 4) is 0 Å². The molecule has 0 unspecified atom stereocenters. The molecule has 2 aliphatic rings. The first-order valence-corrected chi connectivity index (χ1v) is 12.3. The molecule has 0 aliphatic heterocycles. The Hall–Kier alpha value is -1.46. The lowest BCUT2D eigenvalue weighted by Gasteiger charge is -2.38. The van der Waals surface area contributed by atoms with Gasteiger partial charge in [-0.15, -0.1) is 0 Å². The minimum absolute atomic E-state index is 0.0851. The summed E-state index contributed by atoms with van der Waals surface area (Å²) in [6, 6.07) is 5.07. The van der Waals surface area contributed by atoms with Crippen LogP contribution in [-0.2, 0) is 11.1 Å².